The SMILES string of the molecule is CC(C)(C)N(C(=O)O)C1(c2ccc(-c3nc4ncnc(N)c4cc3-c3ccccc3)cc2)CCC1. The summed E-state index contributed by atoms with van der Waals surface area (Å²) in [6.07, 6.45) is 3.17. The summed E-state index contributed by atoms with van der Waals surface area (Å²) in [6, 6.07) is 20.2. The van der Waals surface area contributed by atoms with Crippen molar-refractivity contribution in [2.45, 2.75) is 51.1 Å². The number of carboxylic acid groups (broad SMARTS) is 1. The highest BCUT2D eigenvalue weighted by Crippen LogP contribution is 2.49. The van der Waals surface area contributed by atoms with Crippen LogP contribution in [-0.2, 0) is 5.54 Å². The van der Waals surface area contributed by atoms with Crippen molar-refractivity contribution < 1.29 is 9.90 Å². The fourth-order valence-electron chi connectivity index (χ4n) is 5.27. The van der Waals surface area contributed by atoms with Crippen LogP contribution in [0, 0.1) is 0 Å². The molecule has 1 aliphatic carbocycles. The van der Waals surface area contributed by atoms with Gasteiger partial charge >= 0.3 is 6.09 Å². The van der Waals surface area contributed by atoms with Crippen molar-refractivity contribution >= 4 is 22.9 Å². The minimum atomic E-state index is -0.888. The van der Waals surface area contributed by atoms with Crippen LogP contribution in [0.3, 0.4) is 0 Å². The molecule has 1 amide bonds. The molecule has 0 unspecified atom stereocenters. The molecule has 2 heterocycles. The number of nitrogens with zero attached hydrogens (tertiary/aromatic N) is 4. The number of rotatable bonds is 4. The Bertz CT molecular complexity index is 1390. The van der Waals surface area contributed by atoms with E-state index in [2.05, 4.69) is 9.97 Å². The van der Waals surface area contributed by atoms with Crippen molar-refractivity contribution in [3.8, 4) is 22.4 Å². The molecule has 0 radical (unpaired) electrons. The number of benzene rings is 2. The zero-order chi connectivity index (χ0) is 24.8. The molecule has 3 N–H and O–H groups in total. The van der Waals surface area contributed by atoms with Crippen LogP contribution in [0.5, 0.6) is 0 Å². The summed E-state index contributed by atoms with van der Waals surface area (Å²) in [5, 5.41) is 10.8. The Kier molecular flexibility index (Phi) is 5.43. The topological polar surface area (TPSA) is 105 Å². The second kappa shape index (κ2) is 8.34. The van der Waals surface area contributed by atoms with Crippen LogP contribution >= 0.6 is 0 Å². The average molecular weight is 468 g/mol. The van der Waals surface area contributed by atoms with E-state index in [9.17, 15) is 9.90 Å². The summed E-state index contributed by atoms with van der Waals surface area (Å²) in [4.78, 5) is 27.3. The molecule has 7 heteroatoms. The predicted molar refractivity (Wildman–Crippen MR) is 138 cm³/mol. The van der Waals surface area contributed by atoms with Crippen molar-refractivity contribution in [2.24, 2.45) is 0 Å². The van der Waals surface area contributed by atoms with Crippen molar-refractivity contribution in [3.05, 3.63) is 72.6 Å². The standard InChI is InChI=1S/C28H29N5O2/c1-27(2,3)33(26(34)35)28(14-7-15-28)20-12-10-19(11-13-20)23-21(18-8-5-4-6-9-18)16-22-24(29)30-17-31-25(22)32-23/h4-6,8-13,16-17H,7,14-15H2,1-3H3,(H,34,35)(H2,29,30,31,32). The van der Waals surface area contributed by atoms with E-state index < -0.39 is 17.2 Å². The van der Waals surface area contributed by atoms with Crippen LogP contribution in [0.4, 0.5) is 10.6 Å². The van der Waals surface area contributed by atoms with E-state index in [1.165, 1.54) is 6.33 Å². The number of nitrogens with two attached hydrogens (primary N) is 1. The second-order valence-electron chi connectivity index (χ2n) is 10.1. The van der Waals surface area contributed by atoms with Crippen LogP contribution < -0.4 is 5.73 Å². The largest absolute Gasteiger partial charge is 0.465 e. The van der Waals surface area contributed by atoms with Crippen LogP contribution in [0.1, 0.15) is 45.6 Å². The maximum absolute atomic E-state index is 12.3. The summed E-state index contributed by atoms with van der Waals surface area (Å²) in [5.74, 6) is 0.393. The second-order valence-corrected chi connectivity index (χ2v) is 10.1. The van der Waals surface area contributed by atoms with Crippen molar-refractivity contribution in [3.63, 3.8) is 0 Å². The first kappa shape index (κ1) is 22.8. The van der Waals surface area contributed by atoms with Crippen LogP contribution in [0.15, 0.2) is 67.0 Å². The summed E-state index contributed by atoms with van der Waals surface area (Å²) in [5.41, 5.74) is 10.3. The number of hydrogen-bond donors (Lipinski definition) is 2. The predicted octanol–water partition coefficient (Wildman–Crippen LogP) is 6.10. The third-order valence-corrected chi connectivity index (χ3v) is 6.91. The lowest BCUT2D eigenvalue weighted by atomic mass is 9.69. The maximum atomic E-state index is 12.3. The Morgan fingerprint density at radius 3 is 2.26 bits per heavy atom. The zero-order valence-electron chi connectivity index (χ0n) is 20.2. The third kappa shape index (κ3) is 3.87. The molecule has 1 aliphatic rings. The van der Waals surface area contributed by atoms with Gasteiger partial charge in [0.2, 0.25) is 0 Å². The van der Waals surface area contributed by atoms with Gasteiger partial charge in [0.25, 0.3) is 0 Å². The summed E-state index contributed by atoms with van der Waals surface area (Å²) in [6.45, 7) is 5.86. The van der Waals surface area contributed by atoms with E-state index >= 15 is 0 Å². The molecule has 7 nitrogen and oxygen atoms in total. The van der Waals surface area contributed by atoms with Gasteiger partial charge in [-0.25, -0.2) is 19.7 Å². The van der Waals surface area contributed by atoms with E-state index in [1.54, 1.807) is 4.90 Å². The lowest BCUT2D eigenvalue weighted by Crippen LogP contribution is -2.60. The lowest BCUT2D eigenvalue weighted by Gasteiger charge is -2.54. The van der Waals surface area contributed by atoms with Crippen molar-refractivity contribution in [2.75, 3.05) is 5.73 Å². The minimum absolute atomic E-state index is 0.393. The molecule has 2 aromatic carbocycles. The molecule has 5 rings (SSSR count). The zero-order valence-corrected chi connectivity index (χ0v) is 20.2. The van der Waals surface area contributed by atoms with Gasteiger partial charge in [-0.15, -0.1) is 0 Å². The molecule has 1 fully saturated rings. The highest BCUT2D eigenvalue weighted by atomic mass is 16.4. The normalized spacial score (nSPS) is 14.9. The first-order chi connectivity index (χ1) is 16.7. The first-order valence-corrected chi connectivity index (χ1v) is 11.8. The lowest BCUT2D eigenvalue weighted by molar-refractivity contribution is -0.0328. The number of anilines is 1. The fraction of sp³-hybridized carbons (Fsp3) is 0.286. The number of hydrogen-bond acceptors (Lipinski definition) is 5. The van der Waals surface area contributed by atoms with Crippen molar-refractivity contribution in [1.82, 2.24) is 19.9 Å². The van der Waals surface area contributed by atoms with Gasteiger partial charge in [0.05, 0.1) is 16.6 Å². The monoisotopic (exact) mass is 467 g/mol. The van der Waals surface area contributed by atoms with E-state index in [-0.39, 0.29) is 0 Å². The highest BCUT2D eigenvalue weighted by molar-refractivity contribution is 5.94. The fourth-order valence-corrected chi connectivity index (χ4v) is 5.27. The molecule has 178 valence electrons. The third-order valence-electron chi connectivity index (χ3n) is 6.91. The molecule has 0 spiro atoms. The number of fused-ring (bicyclic) bond motifs is 1. The molecular formula is C28H29N5O2. The van der Waals surface area contributed by atoms with Crippen LogP contribution in [0.2, 0.25) is 0 Å². The number of amides is 1. The minimum Gasteiger partial charge on any atom is -0.465 e. The highest BCUT2D eigenvalue weighted by Gasteiger charge is 2.50. The Morgan fingerprint density at radius 2 is 1.69 bits per heavy atom. The molecule has 0 saturated heterocycles. The maximum Gasteiger partial charge on any atom is 0.408 e. The number of pyridine rings is 1. The van der Waals surface area contributed by atoms with Gasteiger partial charge in [0, 0.05) is 16.7 Å². The van der Waals surface area contributed by atoms with Gasteiger partial charge < -0.3 is 10.8 Å². The van der Waals surface area contributed by atoms with Crippen molar-refractivity contribution in [1.29, 1.82) is 0 Å². The summed E-state index contributed by atoms with van der Waals surface area (Å²) >= 11 is 0. The van der Waals surface area contributed by atoms with E-state index in [4.69, 9.17) is 10.7 Å². The molecule has 4 aromatic rings. The Hall–Kier alpha value is -4.00. The summed E-state index contributed by atoms with van der Waals surface area (Å²) < 4.78 is 0. The van der Waals surface area contributed by atoms with E-state index in [1.807, 2.05) is 81.4 Å². The van der Waals surface area contributed by atoms with Gasteiger partial charge in [-0.05, 0) is 57.2 Å². The Morgan fingerprint density at radius 1 is 1.00 bits per heavy atom. The quantitative estimate of drug-likeness (QED) is 0.376. The molecule has 1 saturated carbocycles. The Balaban J connectivity index is 1.63. The smallest absolute Gasteiger partial charge is 0.408 e. The molecule has 35 heavy (non-hydrogen) atoms. The molecular weight excluding hydrogens is 438 g/mol. The average Bonchev–Trinajstić information content (AvgIpc) is 2.80. The van der Waals surface area contributed by atoms with Gasteiger partial charge in [0.15, 0.2) is 5.65 Å². The molecule has 0 atom stereocenters. The van der Waals surface area contributed by atoms with Crippen LogP contribution in [-0.4, -0.2) is 36.6 Å². The van der Waals surface area contributed by atoms with Gasteiger partial charge in [-0.2, -0.15) is 0 Å². The van der Waals surface area contributed by atoms with Gasteiger partial charge in [0.1, 0.15) is 12.1 Å². The number of carbonyl (C=O) groups is 1. The Labute approximate surface area is 204 Å². The van der Waals surface area contributed by atoms with Gasteiger partial charge in [-0.1, -0.05) is 54.6 Å². The van der Waals surface area contributed by atoms with Crippen LogP contribution in [0.25, 0.3) is 33.4 Å². The molecule has 0 bridgehead atoms. The van der Waals surface area contributed by atoms with E-state index in [0.29, 0.717) is 16.9 Å². The molecule has 0 aliphatic heterocycles. The number of nitrogen functional groups attached to an aromatic ring is 1. The molecule has 2 aromatic heterocycles. The number of aromatic nitrogens is 3. The summed E-state index contributed by atoms with van der Waals surface area (Å²) in [7, 11) is 0. The first-order valence-electron chi connectivity index (χ1n) is 11.8. The van der Waals surface area contributed by atoms with E-state index in [0.717, 1.165) is 47.2 Å². The van der Waals surface area contributed by atoms with Gasteiger partial charge in [-0.3, -0.25) is 4.90 Å².